The van der Waals surface area contributed by atoms with Crippen molar-refractivity contribution >= 4 is 62.0 Å². The molecule has 0 atom stereocenters. The summed E-state index contributed by atoms with van der Waals surface area (Å²) in [6, 6.07) is 83.1. The van der Waals surface area contributed by atoms with Crippen molar-refractivity contribution in [2.75, 3.05) is 4.90 Å². The number of fused-ring (bicyclic) bond motifs is 4. The van der Waals surface area contributed by atoms with E-state index < -0.39 is 0 Å². The molecule has 4 heterocycles. The summed E-state index contributed by atoms with van der Waals surface area (Å²) >= 11 is 0. The van der Waals surface area contributed by atoms with Gasteiger partial charge in [-0.1, -0.05) is 203 Å². The van der Waals surface area contributed by atoms with Crippen LogP contribution in [0.15, 0.2) is 224 Å². The Morgan fingerprint density at radius 3 is 1.27 bits per heavy atom. The largest absolute Gasteiger partial charge is 0.310 e. The minimum Gasteiger partial charge on any atom is -0.310 e. The maximum Gasteiger partial charge on any atom is 0.252 e. The SMILES string of the molecule is CC(C)(C)c1cc2c3c(c1)c(-c1ccccc1)c(-c1ccccc1)n3-c1cc(N(c3ccccc3)c3ccccc3)cc3c1B2c1cccc2c(-c4ccccc4)c(-c4ccccc4)n-3c12. The van der Waals surface area contributed by atoms with Crippen LogP contribution < -0.4 is 21.3 Å². The molecule has 0 unspecified atom stereocenters. The zero-order valence-electron chi connectivity index (χ0n) is 37.3. The third-order valence-electron chi connectivity index (χ3n) is 14.0. The predicted octanol–water partition coefficient (Wildman–Crippen LogP) is 14.2. The van der Waals surface area contributed by atoms with Crippen molar-refractivity contribution in [2.45, 2.75) is 26.2 Å². The molecule has 0 bridgehead atoms. The molecule has 2 aromatic heterocycles. The predicted molar refractivity (Wildman–Crippen MR) is 280 cm³/mol. The Hall–Kier alpha value is -8.08. The van der Waals surface area contributed by atoms with Gasteiger partial charge in [0.15, 0.2) is 0 Å². The van der Waals surface area contributed by atoms with Crippen LogP contribution in [-0.4, -0.2) is 15.8 Å². The van der Waals surface area contributed by atoms with E-state index >= 15 is 0 Å². The van der Waals surface area contributed by atoms with Crippen LogP contribution in [0.25, 0.3) is 77.9 Å². The quantitative estimate of drug-likeness (QED) is 0.146. The molecule has 2 aliphatic heterocycles. The summed E-state index contributed by atoms with van der Waals surface area (Å²) in [6.45, 7) is 7.04. The van der Waals surface area contributed by atoms with Gasteiger partial charge in [0.2, 0.25) is 0 Å². The lowest BCUT2D eigenvalue weighted by molar-refractivity contribution is 0.591. The smallest absolute Gasteiger partial charge is 0.252 e. The lowest BCUT2D eigenvalue weighted by Gasteiger charge is -2.37. The second-order valence-corrected chi connectivity index (χ2v) is 18.9. The van der Waals surface area contributed by atoms with Gasteiger partial charge in [-0.15, -0.1) is 0 Å². The lowest BCUT2D eigenvalue weighted by Crippen LogP contribution is -2.59. The van der Waals surface area contributed by atoms with Crippen LogP contribution in [0.3, 0.4) is 0 Å². The molecule has 9 aromatic carbocycles. The van der Waals surface area contributed by atoms with E-state index in [0.717, 1.165) is 17.1 Å². The van der Waals surface area contributed by atoms with Gasteiger partial charge < -0.3 is 14.0 Å². The molecule has 0 N–H and O–H groups in total. The fraction of sp³-hybridized carbons (Fsp3) is 0.0645. The molecule has 0 radical (unpaired) electrons. The first-order valence-electron chi connectivity index (χ1n) is 23.1. The lowest BCUT2D eigenvalue weighted by atomic mass is 9.34. The molecule has 0 amide bonds. The molecule has 0 spiro atoms. The summed E-state index contributed by atoms with van der Waals surface area (Å²) in [6.07, 6.45) is 0. The minimum absolute atomic E-state index is 0.0382. The average molecular weight is 844 g/mol. The first-order chi connectivity index (χ1) is 32.4. The Labute approximate surface area is 386 Å². The van der Waals surface area contributed by atoms with E-state index in [1.807, 2.05) is 0 Å². The summed E-state index contributed by atoms with van der Waals surface area (Å²) in [4.78, 5) is 2.44. The molecule has 0 saturated heterocycles. The van der Waals surface area contributed by atoms with Crippen LogP contribution >= 0.6 is 0 Å². The summed E-state index contributed by atoms with van der Waals surface area (Å²) in [5.74, 6) is 0. The first kappa shape index (κ1) is 38.4. The van der Waals surface area contributed by atoms with Gasteiger partial charge in [-0.2, -0.15) is 0 Å². The van der Waals surface area contributed by atoms with Crippen LogP contribution in [0.2, 0.25) is 0 Å². The van der Waals surface area contributed by atoms with Gasteiger partial charge in [0, 0.05) is 55.7 Å². The molecule has 0 aliphatic carbocycles. The van der Waals surface area contributed by atoms with Crippen molar-refractivity contribution in [3.05, 3.63) is 230 Å². The van der Waals surface area contributed by atoms with Crippen molar-refractivity contribution in [1.29, 1.82) is 0 Å². The van der Waals surface area contributed by atoms with E-state index in [1.54, 1.807) is 0 Å². The zero-order chi connectivity index (χ0) is 44.1. The molecule has 0 saturated carbocycles. The van der Waals surface area contributed by atoms with E-state index in [9.17, 15) is 0 Å². The number of aromatic nitrogens is 2. The highest BCUT2D eigenvalue weighted by Gasteiger charge is 2.44. The van der Waals surface area contributed by atoms with Crippen molar-refractivity contribution in [3.8, 4) is 56.1 Å². The highest BCUT2D eigenvalue weighted by atomic mass is 15.2. The van der Waals surface area contributed by atoms with Gasteiger partial charge in [-0.25, -0.2) is 0 Å². The Bertz CT molecular complexity index is 3600. The van der Waals surface area contributed by atoms with E-state index in [4.69, 9.17) is 0 Å². The standard InChI is InChI=1S/C62H46BN3/c1-62(2,3)45-37-50-56(42-25-12-5-13-26-42)59(44-29-16-7-17-30-44)66-54-40-48(64(46-31-18-8-19-32-46)47-33-20-9-21-34-47)39-53-57(54)63(52(38-45)61(50)66)51-36-22-35-49-55(41-23-10-4-11-24-41)58(65(53)60(49)51)43-27-14-6-15-28-43/h4-40H,1-3H3. The Kier molecular flexibility index (Phi) is 8.57. The number of benzene rings is 9. The summed E-state index contributed by atoms with van der Waals surface area (Å²) < 4.78 is 5.28. The van der Waals surface area contributed by atoms with Gasteiger partial charge in [-0.05, 0) is 92.1 Å². The number of nitrogens with zero attached hydrogens (tertiary/aromatic N) is 3. The van der Waals surface area contributed by atoms with Crippen LogP contribution in [0.4, 0.5) is 17.1 Å². The molecule has 13 rings (SSSR count). The fourth-order valence-electron chi connectivity index (χ4n) is 11.2. The van der Waals surface area contributed by atoms with E-state index in [1.165, 1.54) is 99.9 Å². The number of rotatable bonds is 7. The molecule has 0 fully saturated rings. The molecule has 3 nitrogen and oxygen atoms in total. The Balaban J connectivity index is 1.27. The first-order valence-corrected chi connectivity index (χ1v) is 23.1. The van der Waals surface area contributed by atoms with E-state index in [0.29, 0.717) is 0 Å². The number of para-hydroxylation sites is 3. The fourth-order valence-corrected chi connectivity index (χ4v) is 11.2. The van der Waals surface area contributed by atoms with Crippen molar-refractivity contribution in [1.82, 2.24) is 9.13 Å². The number of anilines is 3. The van der Waals surface area contributed by atoms with Gasteiger partial charge in [-0.3, -0.25) is 0 Å². The third kappa shape index (κ3) is 5.71. The molecular formula is C62H46BN3. The topological polar surface area (TPSA) is 13.1 Å². The minimum atomic E-state index is -0.103. The third-order valence-corrected chi connectivity index (χ3v) is 14.0. The van der Waals surface area contributed by atoms with Gasteiger partial charge in [0.1, 0.15) is 0 Å². The van der Waals surface area contributed by atoms with Gasteiger partial charge >= 0.3 is 0 Å². The average Bonchev–Trinajstić information content (AvgIpc) is 3.90. The highest BCUT2D eigenvalue weighted by Crippen LogP contribution is 2.49. The molecule has 2 aliphatic rings. The molecule has 312 valence electrons. The summed E-state index contributed by atoms with van der Waals surface area (Å²) in [5.41, 5.74) is 23.2. The van der Waals surface area contributed by atoms with Crippen LogP contribution in [0.5, 0.6) is 0 Å². The van der Waals surface area contributed by atoms with E-state index in [-0.39, 0.29) is 12.1 Å². The normalized spacial score (nSPS) is 12.4. The monoisotopic (exact) mass is 843 g/mol. The second-order valence-electron chi connectivity index (χ2n) is 18.9. The van der Waals surface area contributed by atoms with E-state index in [2.05, 4.69) is 259 Å². The Morgan fingerprint density at radius 1 is 0.379 bits per heavy atom. The second kappa shape index (κ2) is 14.7. The Morgan fingerprint density at radius 2 is 0.803 bits per heavy atom. The van der Waals surface area contributed by atoms with Crippen molar-refractivity contribution in [2.24, 2.45) is 0 Å². The van der Waals surface area contributed by atoms with Gasteiger partial charge in [0.25, 0.3) is 6.71 Å². The maximum absolute atomic E-state index is 2.65. The summed E-state index contributed by atoms with van der Waals surface area (Å²) in [7, 11) is 0. The molecule has 4 heteroatoms. The maximum atomic E-state index is 2.65. The van der Waals surface area contributed by atoms with Crippen molar-refractivity contribution < 1.29 is 0 Å². The summed E-state index contributed by atoms with van der Waals surface area (Å²) in [5, 5.41) is 2.54. The van der Waals surface area contributed by atoms with Gasteiger partial charge in [0.05, 0.1) is 17.1 Å². The van der Waals surface area contributed by atoms with Crippen LogP contribution in [0, 0.1) is 0 Å². The van der Waals surface area contributed by atoms with Crippen molar-refractivity contribution in [3.63, 3.8) is 0 Å². The molecule has 66 heavy (non-hydrogen) atoms. The van der Waals surface area contributed by atoms with Crippen LogP contribution in [-0.2, 0) is 5.41 Å². The molecular weight excluding hydrogens is 798 g/mol. The number of hydrogen-bond acceptors (Lipinski definition) is 1. The molecule has 11 aromatic rings. The number of hydrogen-bond donors (Lipinski definition) is 0. The highest BCUT2D eigenvalue weighted by molar-refractivity contribution is 7.00. The van der Waals surface area contributed by atoms with Crippen LogP contribution in [0.1, 0.15) is 26.3 Å². The zero-order valence-corrected chi connectivity index (χ0v) is 37.3.